The highest BCUT2D eigenvalue weighted by molar-refractivity contribution is 7.18. The molecule has 0 spiro atoms. The van der Waals surface area contributed by atoms with Crippen molar-refractivity contribution in [3.8, 4) is 0 Å². The van der Waals surface area contributed by atoms with E-state index in [1.54, 1.807) is 19.0 Å². The zero-order valence-corrected chi connectivity index (χ0v) is 12.7. The fourth-order valence-corrected chi connectivity index (χ4v) is 2.91. The number of nitrogens with zero attached hydrogens (tertiary/aromatic N) is 2. The maximum Gasteiger partial charge on any atom is 0.265 e. The van der Waals surface area contributed by atoms with Crippen LogP contribution in [0.5, 0.6) is 0 Å². The van der Waals surface area contributed by atoms with Gasteiger partial charge in [-0.2, -0.15) is 0 Å². The molecule has 1 amide bonds. The van der Waals surface area contributed by atoms with Crippen molar-refractivity contribution in [3.63, 3.8) is 0 Å². The van der Waals surface area contributed by atoms with Crippen LogP contribution >= 0.6 is 11.3 Å². The molecule has 0 fully saturated rings. The molecule has 1 aromatic rings. The van der Waals surface area contributed by atoms with E-state index in [-0.39, 0.29) is 5.91 Å². The number of amides is 1. The molecule has 0 aliphatic rings. The molecule has 0 saturated heterocycles. The van der Waals surface area contributed by atoms with Crippen LogP contribution in [0.2, 0.25) is 0 Å². The molecular weight excluding hydrogens is 246 g/mol. The lowest BCUT2D eigenvalue weighted by Gasteiger charge is -2.23. The lowest BCUT2D eigenvalue weighted by Crippen LogP contribution is -2.26. The molecule has 0 radical (unpaired) electrons. The van der Waals surface area contributed by atoms with Crippen molar-refractivity contribution in [2.75, 3.05) is 37.8 Å². The SMILES string of the molecule is CCN(CC(C)C)c1cc(N)c(C(=O)N(C)C)s1. The van der Waals surface area contributed by atoms with Gasteiger partial charge in [0.25, 0.3) is 5.91 Å². The third-order valence-corrected chi connectivity index (χ3v) is 3.83. The Bertz CT molecular complexity index is 412. The minimum absolute atomic E-state index is 0.0237. The quantitative estimate of drug-likeness (QED) is 0.893. The van der Waals surface area contributed by atoms with E-state index in [1.807, 2.05) is 6.07 Å². The maximum atomic E-state index is 11.9. The van der Waals surface area contributed by atoms with Crippen molar-refractivity contribution >= 4 is 27.9 Å². The minimum atomic E-state index is -0.0237. The Morgan fingerprint density at radius 2 is 2.06 bits per heavy atom. The van der Waals surface area contributed by atoms with Gasteiger partial charge in [-0.1, -0.05) is 13.8 Å². The largest absolute Gasteiger partial charge is 0.397 e. The lowest BCUT2D eigenvalue weighted by molar-refractivity contribution is 0.0833. The van der Waals surface area contributed by atoms with Crippen molar-refractivity contribution in [1.29, 1.82) is 0 Å². The summed E-state index contributed by atoms with van der Waals surface area (Å²) in [7, 11) is 3.49. The summed E-state index contributed by atoms with van der Waals surface area (Å²) >= 11 is 1.48. The van der Waals surface area contributed by atoms with E-state index in [0.29, 0.717) is 16.5 Å². The number of hydrogen-bond acceptors (Lipinski definition) is 4. The fourth-order valence-electron chi connectivity index (χ4n) is 1.73. The van der Waals surface area contributed by atoms with Gasteiger partial charge < -0.3 is 15.5 Å². The third-order valence-electron chi connectivity index (χ3n) is 2.63. The van der Waals surface area contributed by atoms with E-state index in [0.717, 1.165) is 18.1 Å². The summed E-state index contributed by atoms with van der Waals surface area (Å²) in [6, 6.07) is 1.91. The average Bonchev–Trinajstić information content (AvgIpc) is 2.66. The van der Waals surface area contributed by atoms with E-state index < -0.39 is 0 Å². The van der Waals surface area contributed by atoms with Crippen molar-refractivity contribution in [2.24, 2.45) is 5.92 Å². The summed E-state index contributed by atoms with van der Waals surface area (Å²) in [6.45, 7) is 8.39. The summed E-state index contributed by atoms with van der Waals surface area (Å²) in [5.41, 5.74) is 6.52. The zero-order chi connectivity index (χ0) is 13.9. The van der Waals surface area contributed by atoms with Crippen LogP contribution in [-0.4, -0.2) is 38.0 Å². The number of anilines is 2. The number of thiophene rings is 1. The first kappa shape index (κ1) is 14.8. The molecule has 4 nitrogen and oxygen atoms in total. The predicted octanol–water partition coefficient (Wildman–Crippen LogP) is 2.51. The average molecular weight is 269 g/mol. The molecule has 18 heavy (non-hydrogen) atoms. The number of rotatable bonds is 5. The highest BCUT2D eigenvalue weighted by Gasteiger charge is 2.18. The van der Waals surface area contributed by atoms with Gasteiger partial charge in [0.15, 0.2) is 0 Å². The normalized spacial score (nSPS) is 10.8. The Balaban J connectivity index is 2.98. The van der Waals surface area contributed by atoms with Crippen LogP contribution < -0.4 is 10.6 Å². The number of nitrogen functional groups attached to an aromatic ring is 1. The number of hydrogen-bond donors (Lipinski definition) is 1. The molecule has 0 unspecified atom stereocenters. The lowest BCUT2D eigenvalue weighted by atomic mass is 10.2. The number of carbonyl (C=O) groups is 1. The molecule has 1 heterocycles. The topological polar surface area (TPSA) is 49.6 Å². The minimum Gasteiger partial charge on any atom is -0.397 e. The van der Waals surface area contributed by atoms with Gasteiger partial charge in [0.05, 0.1) is 10.7 Å². The Labute approximate surface area is 113 Å². The van der Waals surface area contributed by atoms with Crippen LogP contribution in [0.1, 0.15) is 30.4 Å². The molecule has 0 saturated carbocycles. The third kappa shape index (κ3) is 3.38. The van der Waals surface area contributed by atoms with Crippen LogP contribution in [0.15, 0.2) is 6.07 Å². The van der Waals surface area contributed by atoms with Crippen molar-refractivity contribution in [1.82, 2.24) is 4.90 Å². The highest BCUT2D eigenvalue weighted by atomic mass is 32.1. The van der Waals surface area contributed by atoms with E-state index >= 15 is 0 Å². The second-order valence-corrected chi connectivity index (χ2v) is 6.03. The summed E-state index contributed by atoms with van der Waals surface area (Å²) < 4.78 is 0. The molecule has 102 valence electrons. The van der Waals surface area contributed by atoms with Gasteiger partial charge in [0.2, 0.25) is 0 Å². The standard InChI is InChI=1S/C13H23N3OS/c1-6-16(8-9(2)3)11-7-10(14)12(18-11)13(17)15(4)5/h7,9H,6,8,14H2,1-5H3. The van der Waals surface area contributed by atoms with E-state index in [1.165, 1.54) is 11.3 Å². The van der Waals surface area contributed by atoms with Gasteiger partial charge in [0.1, 0.15) is 4.88 Å². The fraction of sp³-hybridized carbons (Fsp3) is 0.615. The molecule has 0 aromatic carbocycles. The molecular formula is C13H23N3OS. The van der Waals surface area contributed by atoms with Gasteiger partial charge in [-0.3, -0.25) is 4.79 Å². The Kier molecular flexibility index (Phi) is 5.02. The van der Waals surface area contributed by atoms with Gasteiger partial charge in [-0.05, 0) is 18.9 Å². The molecule has 1 rings (SSSR count). The zero-order valence-electron chi connectivity index (χ0n) is 11.9. The Morgan fingerprint density at radius 3 is 2.50 bits per heavy atom. The first-order valence-corrected chi connectivity index (χ1v) is 7.04. The first-order chi connectivity index (χ1) is 8.36. The Morgan fingerprint density at radius 1 is 1.44 bits per heavy atom. The molecule has 0 aliphatic heterocycles. The van der Waals surface area contributed by atoms with Crippen LogP contribution in [0.3, 0.4) is 0 Å². The Hall–Kier alpha value is -1.23. The number of carbonyl (C=O) groups excluding carboxylic acids is 1. The molecule has 0 bridgehead atoms. The van der Waals surface area contributed by atoms with E-state index in [4.69, 9.17) is 5.73 Å². The molecule has 0 atom stereocenters. The first-order valence-electron chi connectivity index (χ1n) is 6.22. The predicted molar refractivity (Wildman–Crippen MR) is 79.5 cm³/mol. The summed E-state index contributed by atoms with van der Waals surface area (Å²) in [5, 5.41) is 1.08. The molecule has 1 aromatic heterocycles. The highest BCUT2D eigenvalue weighted by Crippen LogP contribution is 2.33. The van der Waals surface area contributed by atoms with E-state index in [2.05, 4.69) is 25.7 Å². The second kappa shape index (κ2) is 6.09. The summed E-state index contributed by atoms with van der Waals surface area (Å²) in [5.74, 6) is 0.561. The second-order valence-electron chi connectivity index (χ2n) is 5.00. The van der Waals surface area contributed by atoms with Crippen LogP contribution in [0.25, 0.3) is 0 Å². The summed E-state index contributed by atoms with van der Waals surface area (Å²) in [6.07, 6.45) is 0. The van der Waals surface area contributed by atoms with Gasteiger partial charge in [-0.25, -0.2) is 0 Å². The van der Waals surface area contributed by atoms with E-state index in [9.17, 15) is 4.79 Å². The van der Waals surface area contributed by atoms with Crippen LogP contribution in [-0.2, 0) is 0 Å². The van der Waals surface area contributed by atoms with Gasteiger partial charge >= 0.3 is 0 Å². The monoisotopic (exact) mass is 269 g/mol. The maximum absolute atomic E-state index is 11.9. The van der Waals surface area contributed by atoms with Crippen molar-refractivity contribution < 1.29 is 4.79 Å². The van der Waals surface area contributed by atoms with Crippen molar-refractivity contribution in [3.05, 3.63) is 10.9 Å². The van der Waals surface area contributed by atoms with Crippen molar-refractivity contribution in [2.45, 2.75) is 20.8 Å². The van der Waals surface area contributed by atoms with Crippen LogP contribution in [0.4, 0.5) is 10.7 Å². The van der Waals surface area contributed by atoms with Gasteiger partial charge in [-0.15, -0.1) is 11.3 Å². The van der Waals surface area contributed by atoms with Crippen LogP contribution in [0, 0.1) is 5.92 Å². The summed E-state index contributed by atoms with van der Waals surface area (Å²) in [4.78, 5) is 16.4. The molecule has 0 aliphatic carbocycles. The smallest absolute Gasteiger partial charge is 0.265 e. The number of nitrogens with two attached hydrogens (primary N) is 1. The molecule has 5 heteroatoms. The van der Waals surface area contributed by atoms with Gasteiger partial charge in [0, 0.05) is 27.2 Å². The molecule has 2 N–H and O–H groups in total.